The molecule has 1 saturated heterocycles. The first-order valence-corrected chi connectivity index (χ1v) is 9.72. The Kier molecular flexibility index (Phi) is 5.24. The summed E-state index contributed by atoms with van der Waals surface area (Å²) in [4.78, 5) is 29.8. The van der Waals surface area contributed by atoms with Crippen molar-refractivity contribution in [1.29, 1.82) is 0 Å². The van der Waals surface area contributed by atoms with Gasteiger partial charge >= 0.3 is 0 Å². The highest BCUT2D eigenvalue weighted by molar-refractivity contribution is 7.13. The molecule has 0 radical (unpaired) electrons. The lowest BCUT2D eigenvalue weighted by Crippen LogP contribution is -2.49. The van der Waals surface area contributed by atoms with E-state index >= 15 is 0 Å². The van der Waals surface area contributed by atoms with Gasteiger partial charge in [-0.25, -0.2) is 15.0 Å². The number of amides is 1. The van der Waals surface area contributed by atoms with Gasteiger partial charge in [-0.1, -0.05) is 12.1 Å². The Bertz CT molecular complexity index is 877. The van der Waals surface area contributed by atoms with E-state index in [-0.39, 0.29) is 5.91 Å². The molecule has 1 fully saturated rings. The Morgan fingerprint density at radius 3 is 2.52 bits per heavy atom. The number of nitrogens with one attached hydrogen (secondary N) is 1. The van der Waals surface area contributed by atoms with Crippen LogP contribution in [0.3, 0.4) is 0 Å². The van der Waals surface area contributed by atoms with Crippen LogP contribution in [0, 0.1) is 0 Å². The maximum absolute atomic E-state index is 12.6. The van der Waals surface area contributed by atoms with Crippen LogP contribution in [0.25, 0.3) is 0 Å². The van der Waals surface area contributed by atoms with Crippen LogP contribution in [0.5, 0.6) is 0 Å². The molecule has 1 aliphatic heterocycles. The molecular weight excluding hydrogens is 360 g/mol. The number of rotatable bonds is 5. The molecule has 1 N–H and O–H groups in total. The summed E-state index contributed by atoms with van der Waals surface area (Å²) in [5.74, 6) is 1.83. The van der Waals surface area contributed by atoms with Gasteiger partial charge in [-0.15, -0.1) is 11.3 Å². The Balaban J connectivity index is 1.30. The number of piperazine rings is 1. The lowest BCUT2D eigenvalue weighted by molar-refractivity contribution is -0.130. The molecule has 4 rings (SSSR count). The van der Waals surface area contributed by atoms with Crippen LogP contribution in [-0.4, -0.2) is 51.9 Å². The number of pyridine rings is 2. The van der Waals surface area contributed by atoms with E-state index in [0.717, 1.165) is 35.6 Å². The van der Waals surface area contributed by atoms with Crippen molar-refractivity contribution in [3.8, 4) is 0 Å². The number of aromatic nitrogens is 3. The van der Waals surface area contributed by atoms with Crippen molar-refractivity contribution in [2.24, 2.45) is 0 Å². The van der Waals surface area contributed by atoms with Crippen LogP contribution in [0.15, 0.2) is 54.2 Å². The molecule has 0 bridgehead atoms. The highest BCUT2D eigenvalue weighted by Gasteiger charge is 2.22. The van der Waals surface area contributed by atoms with Crippen LogP contribution < -0.4 is 10.2 Å². The molecule has 1 amide bonds. The van der Waals surface area contributed by atoms with Gasteiger partial charge in [-0.05, 0) is 24.3 Å². The summed E-state index contributed by atoms with van der Waals surface area (Å²) in [6.45, 7) is 3.01. The highest BCUT2D eigenvalue weighted by atomic mass is 32.1. The second-order valence-corrected chi connectivity index (χ2v) is 7.07. The Labute approximate surface area is 161 Å². The van der Waals surface area contributed by atoms with Crippen LogP contribution in [-0.2, 0) is 11.2 Å². The minimum absolute atomic E-state index is 0.116. The molecule has 0 saturated carbocycles. The van der Waals surface area contributed by atoms with Crippen molar-refractivity contribution < 1.29 is 4.79 Å². The fourth-order valence-corrected chi connectivity index (χ4v) is 3.70. The third kappa shape index (κ3) is 4.40. The van der Waals surface area contributed by atoms with Crippen molar-refractivity contribution >= 4 is 34.0 Å². The lowest BCUT2D eigenvalue weighted by atomic mass is 10.2. The molecule has 1 aliphatic rings. The first-order chi connectivity index (χ1) is 13.3. The average molecular weight is 380 g/mol. The van der Waals surface area contributed by atoms with E-state index in [1.165, 1.54) is 11.3 Å². The number of carbonyl (C=O) groups is 1. The molecule has 8 heteroatoms. The number of hydrogen-bond acceptors (Lipinski definition) is 7. The van der Waals surface area contributed by atoms with Crippen molar-refractivity contribution in [3.05, 3.63) is 59.9 Å². The van der Waals surface area contributed by atoms with Gasteiger partial charge in [0.1, 0.15) is 11.6 Å². The fourth-order valence-electron chi connectivity index (χ4n) is 2.98. The van der Waals surface area contributed by atoms with E-state index in [4.69, 9.17) is 0 Å². The quantitative estimate of drug-likeness (QED) is 0.733. The topological polar surface area (TPSA) is 74.2 Å². The minimum Gasteiger partial charge on any atom is -0.353 e. The zero-order chi connectivity index (χ0) is 18.5. The van der Waals surface area contributed by atoms with E-state index in [2.05, 4.69) is 25.2 Å². The maximum Gasteiger partial charge on any atom is 0.228 e. The van der Waals surface area contributed by atoms with E-state index in [9.17, 15) is 4.79 Å². The average Bonchev–Trinajstić information content (AvgIpc) is 3.16. The monoisotopic (exact) mass is 380 g/mol. The van der Waals surface area contributed by atoms with Gasteiger partial charge in [0, 0.05) is 44.0 Å². The molecule has 3 aromatic rings. The van der Waals surface area contributed by atoms with Crippen molar-refractivity contribution in [2.45, 2.75) is 6.42 Å². The van der Waals surface area contributed by atoms with Crippen LogP contribution in [0.1, 0.15) is 5.69 Å². The Hall–Kier alpha value is -3.00. The van der Waals surface area contributed by atoms with Gasteiger partial charge in [-0.3, -0.25) is 4.79 Å². The van der Waals surface area contributed by atoms with Crippen LogP contribution in [0.2, 0.25) is 0 Å². The SMILES string of the molecule is O=C(Cc1csc(Nc2ccccn2)n1)N1CCN(c2ccccn2)CC1. The predicted octanol–water partition coefficient (Wildman–Crippen LogP) is 2.57. The largest absolute Gasteiger partial charge is 0.353 e. The van der Waals surface area contributed by atoms with Gasteiger partial charge in [0.05, 0.1) is 12.1 Å². The molecular formula is C19H20N6OS. The number of thiazole rings is 1. The molecule has 7 nitrogen and oxygen atoms in total. The molecule has 0 atom stereocenters. The summed E-state index contributed by atoms with van der Waals surface area (Å²) in [7, 11) is 0. The molecule has 0 aromatic carbocycles. The summed E-state index contributed by atoms with van der Waals surface area (Å²) < 4.78 is 0. The van der Waals surface area contributed by atoms with E-state index in [0.29, 0.717) is 19.5 Å². The summed E-state index contributed by atoms with van der Waals surface area (Å²) in [6.07, 6.45) is 3.85. The summed E-state index contributed by atoms with van der Waals surface area (Å²) in [5.41, 5.74) is 0.788. The van der Waals surface area contributed by atoms with Gasteiger partial charge < -0.3 is 15.1 Å². The third-order valence-corrected chi connectivity index (χ3v) is 5.20. The number of anilines is 3. The van der Waals surface area contributed by atoms with Gasteiger partial charge in [0.15, 0.2) is 5.13 Å². The first-order valence-electron chi connectivity index (χ1n) is 8.84. The minimum atomic E-state index is 0.116. The normalized spacial score (nSPS) is 14.2. The summed E-state index contributed by atoms with van der Waals surface area (Å²) in [6, 6.07) is 11.6. The summed E-state index contributed by atoms with van der Waals surface area (Å²) >= 11 is 1.48. The standard InChI is InChI=1S/C19H20N6OS/c26-18(25-11-9-24(10-12-25)17-6-2-4-8-21-17)13-15-14-27-19(22-15)23-16-5-1-3-7-20-16/h1-8,14H,9-13H2,(H,20,22,23). The molecule has 3 aromatic heterocycles. The second kappa shape index (κ2) is 8.13. The lowest BCUT2D eigenvalue weighted by Gasteiger charge is -2.35. The zero-order valence-electron chi connectivity index (χ0n) is 14.8. The molecule has 0 unspecified atom stereocenters. The smallest absolute Gasteiger partial charge is 0.228 e. The van der Waals surface area contributed by atoms with Crippen LogP contribution >= 0.6 is 11.3 Å². The van der Waals surface area contributed by atoms with Gasteiger partial charge in [0.2, 0.25) is 5.91 Å². The van der Waals surface area contributed by atoms with Crippen molar-refractivity contribution in [1.82, 2.24) is 19.9 Å². The maximum atomic E-state index is 12.6. The Morgan fingerprint density at radius 2 is 1.81 bits per heavy atom. The van der Waals surface area contributed by atoms with E-state index in [1.807, 2.05) is 46.7 Å². The van der Waals surface area contributed by atoms with E-state index < -0.39 is 0 Å². The van der Waals surface area contributed by atoms with Crippen molar-refractivity contribution in [3.63, 3.8) is 0 Å². The van der Waals surface area contributed by atoms with Gasteiger partial charge in [-0.2, -0.15) is 0 Å². The van der Waals surface area contributed by atoms with E-state index in [1.54, 1.807) is 12.4 Å². The van der Waals surface area contributed by atoms with Gasteiger partial charge in [0.25, 0.3) is 0 Å². The van der Waals surface area contributed by atoms with Crippen LogP contribution in [0.4, 0.5) is 16.8 Å². The number of carbonyl (C=O) groups excluding carboxylic acids is 1. The predicted molar refractivity (Wildman–Crippen MR) is 106 cm³/mol. The molecule has 0 spiro atoms. The highest BCUT2D eigenvalue weighted by Crippen LogP contribution is 2.20. The number of hydrogen-bond donors (Lipinski definition) is 1. The Morgan fingerprint density at radius 1 is 1.04 bits per heavy atom. The molecule has 27 heavy (non-hydrogen) atoms. The first kappa shape index (κ1) is 17.4. The summed E-state index contributed by atoms with van der Waals surface area (Å²) in [5, 5.41) is 5.83. The zero-order valence-corrected chi connectivity index (χ0v) is 15.6. The molecule has 4 heterocycles. The fraction of sp³-hybridized carbons (Fsp3) is 0.263. The second-order valence-electron chi connectivity index (χ2n) is 6.22. The molecule has 0 aliphatic carbocycles. The molecule has 138 valence electrons. The van der Waals surface area contributed by atoms with Crippen molar-refractivity contribution in [2.75, 3.05) is 36.4 Å². The third-order valence-electron chi connectivity index (χ3n) is 4.39. The number of nitrogens with zero attached hydrogens (tertiary/aromatic N) is 5.